The molecule has 0 aromatic heterocycles. The van der Waals surface area contributed by atoms with Crippen molar-refractivity contribution < 1.29 is 19.5 Å². The van der Waals surface area contributed by atoms with Gasteiger partial charge < -0.3 is 0 Å². The van der Waals surface area contributed by atoms with E-state index in [-0.39, 0.29) is 19.5 Å². The van der Waals surface area contributed by atoms with E-state index in [1.807, 2.05) is 0 Å². The Morgan fingerprint density at radius 3 is 2.90 bits per heavy atom. The van der Waals surface area contributed by atoms with Crippen LogP contribution in [0.5, 0.6) is 0 Å². The van der Waals surface area contributed by atoms with Crippen LogP contribution < -0.4 is 0 Å². The third kappa shape index (κ3) is 3.32. The summed E-state index contributed by atoms with van der Waals surface area (Å²) in [6.07, 6.45) is 12.5. The molecule has 0 fully saturated rings. The molecule has 0 bridgehead atoms. The molecule has 0 N–H and O–H groups in total. The predicted molar refractivity (Wildman–Crippen MR) is 40.0 cm³/mol. The number of rotatable bonds is 3. The minimum Gasteiger partial charge on any atom is -0.269 e. The molecule has 10 heavy (non-hydrogen) atoms. The summed E-state index contributed by atoms with van der Waals surface area (Å²) in [6.45, 7) is 2.22. The fourth-order valence-electron chi connectivity index (χ4n) is 0.989. The maximum absolute atomic E-state index is 3.30. The van der Waals surface area contributed by atoms with Crippen molar-refractivity contribution in [3.63, 3.8) is 0 Å². The van der Waals surface area contributed by atoms with Gasteiger partial charge in [0.05, 0.1) is 0 Å². The first-order chi connectivity index (χ1) is 4.43. The van der Waals surface area contributed by atoms with Crippen LogP contribution >= 0.6 is 0 Å². The molecule has 0 atom stereocenters. The fraction of sp³-hybridized carbons (Fsp3) is 0.556. The van der Waals surface area contributed by atoms with E-state index in [1.54, 1.807) is 0 Å². The quantitative estimate of drug-likeness (QED) is 0.509. The van der Waals surface area contributed by atoms with Gasteiger partial charge in [0.1, 0.15) is 0 Å². The van der Waals surface area contributed by atoms with Crippen LogP contribution in [0, 0.1) is 6.08 Å². The van der Waals surface area contributed by atoms with Crippen LogP contribution in [0.1, 0.15) is 32.6 Å². The van der Waals surface area contributed by atoms with Crippen LogP contribution in [-0.4, -0.2) is 0 Å². The van der Waals surface area contributed by atoms with Gasteiger partial charge in [0.15, 0.2) is 0 Å². The third-order valence-corrected chi connectivity index (χ3v) is 1.57. The number of unbranched alkanes of at least 4 members (excludes halogenated alkanes) is 1. The van der Waals surface area contributed by atoms with Gasteiger partial charge in [-0.15, -0.1) is 6.42 Å². The van der Waals surface area contributed by atoms with Gasteiger partial charge in [-0.1, -0.05) is 26.2 Å². The van der Waals surface area contributed by atoms with Crippen LogP contribution in [0.15, 0.2) is 17.7 Å². The van der Waals surface area contributed by atoms with Gasteiger partial charge in [0.25, 0.3) is 0 Å². The Morgan fingerprint density at radius 1 is 1.60 bits per heavy atom. The summed E-state index contributed by atoms with van der Waals surface area (Å²) in [5, 5.41) is 0. The first-order valence-electron chi connectivity index (χ1n) is 3.69. The number of allylic oxidation sites excluding steroid dienone is 4. The van der Waals surface area contributed by atoms with Gasteiger partial charge in [-0.25, -0.2) is 11.6 Å². The normalized spacial score (nSPS) is 14.7. The second-order valence-electron chi connectivity index (χ2n) is 2.41. The van der Waals surface area contributed by atoms with Gasteiger partial charge >= 0.3 is 19.5 Å². The molecular formula is C9H13Ru. The Hall–Kier alpha value is 0.103. The zero-order valence-electron chi connectivity index (χ0n) is 6.34. The maximum Gasteiger partial charge on any atom is 1.00 e. The summed E-state index contributed by atoms with van der Waals surface area (Å²) >= 11 is 0. The molecule has 0 saturated carbocycles. The van der Waals surface area contributed by atoms with Crippen molar-refractivity contribution in [3.05, 3.63) is 23.8 Å². The fourth-order valence-corrected chi connectivity index (χ4v) is 0.989. The summed E-state index contributed by atoms with van der Waals surface area (Å²) in [4.78, 5) is 0. The van der Waals surface area contributed by atoms with Crippen LogP contribution in [0.2, 0.25) is 0 Å². The topological polar surface area (TPSA) is 0 Å². The largest absolute Gasteiger partial charge is 1.00 e. The second-order valence-corrected chi connectivity index (χ2v) is 2.41. The van der Waals surface area contributed by atoms with E-state index in [9.17, 15) is 0 Å². The van der Waals surface area contributed by atoms with Crippen molar-refractivity contribution in [2.45, 2.75) is 32.6 Å². The molecular weight excluding hydrogens is 209 g/mol. The Morgan fingerprint density at radius 2 is 2.40 bits per heavy atom. The van der Waals surface area contributed by atoms with E-state index in [0.717, 1.165) is 6.42 Å². The summed E-state index contributed by atoms with van der Waals surface area (Å²) in [6, 6.07) is 0. The number of hydrogen-bond acceptors (Lipinski definition) is 0. The standard InChI is InChI=1S/C9H13.Ru/c1-2-3-6-9-7-4-5-8-9;/h4,7H,2-3,5-6H2,1H3;/q-1;+1. The van der Waals surface area contributed by atoms with Gasteiger partial charge in [0.2, 0.25) is 0 Å². The van der Waals surface area contributed by atoms with Crippen molar-refractivity contribution in [1.29, 1.82) is 0 Å². The van der Waals surface area contributed by atoms with E-state index in [2.05, 4.69) is 25.2 Å². The van der Waals surface area contributed by atoms with Gasteiger partial charge in [-0.05, 0) is 0 Å². The molecule has 1 rings (SSSR count). The molecule has 0 unspecified atom stereocenters. The monoisotopic (exact) mass is 223 g/mol. The van der Waals surface area contributed by atoms with Crippen LogP contribution in [0.3, 0.4) is 0 Å². The molecule has 0 aromatic carbocycles. The number of hydrogen-bond donors (Lipinski definition) is 0. The minimum atomic E-state index is 0. The van der Waals surface area contributed by atoms with E-state index in [4.69, 9.17) is 0 Å². The zero-order chi connectivity index (χ0) is 6.53. The third-order valence-electron chi connectivity index (χ3n) is 1.57. The van der Waals surface area contributed by atoms with Crippen LogP contribution in [0.25, 0.3) is 0 Å². The van der Waals surface area contributed by atoms with Crippen molar-refractivity contribution in [2.75, 3.05) is 0 Å². The molecule has 1 aliphatic rings. The Labute approximate surface area is 76.2 Å². The average molecular weight is 222 g/mol. The molecule has 57 valence electrons. The van der Waals surface area contributed by atoms with Crippen LogP contribution in [-0.2, 0) is 19.5 Å². The Balaban J connectivity index is 0.000000810. The van der Waals surface area contributed by atoms with Gasteiger partial charge in [-0.2, -0.15) is 6.08 Å². The van der Waals surface area contributed by atoms with E-state index in [1.165, 1.54) is 24.8 Å². The van der Waals surface area contributed by atoms with Crippen molar-refractivity contribution in [1.82, 2.24) is 0 Å². The predicted octanol–water partition coefficient (Wildman–Crippen LogP) is 2.86. The van der Waals surface area contributed by atoms with Gasteiger partial charge in [0, 0.05) is 0 Å². The first kappa shape index (κ1) is 10.1. The first-order valence-corrected chi connectivity index (χ1v) is 3.69. The van der Waals surface area contributed by atoms with Gasteiger partial charge in [-0.3, -0.25) is 6.08 Å². The average Bonchev–Trinajstić information content (AvgIpc) is 2.34. The zero-order valence-corrected chi connectivity index (χ0v) is 8.07. The van der Waals surface area contributed by atoms with E-state index >= 15 is 0 Å². The van der Waals surface area contributed by atoms with Crippen molar-refractivity contribution in [2.24, 2.45) is 0 Å². The molecule has 1 aliphatic carbocycles. The molecule has 0 aliphatic heterocycles. The van der Waals surface area contributed by atoms with Crippen molar-refractivity contribution in [3.8, 4) is 0 Å². The summed E-state index contributed by atoms with van der Waals surface area (Å²) in [5.74, 6) is 0. The van der Waals surface area contributed by atoms with E-state index < -0.39 is 0 Å². The molecule has 0 saturated heterocycles. The molecule has 1 heteroatoms. The summed E-state index contributed by atoms with van der Waals surface area (Å²) in [7, 11) is 0. The molecule has 0 heterocycles. The molecule has 1 radical (unpaired) electrons. The molecule has 0 aromatic rings. The maximum atomic E-state index is 3.30. The Bertz CT molecular complexity index is 134. The van der Waals surface area contributed by atoms with Crippen molar-refractivity contribution >= 4 is 0 Å². The minimum absolute atomic E-state index is 0. The summed E-state index contributed by atoms with van der Waals surface area (Å²) < 4.78 is 0. The smallest absolute Gasteiger partial charge is 0.269 e. The molecule has 0 amide bonds. The SMILES string of the molecule is CCCCC1=[C-]CC=C1.[Ru+]. The second kappa shape index (κ2) is 5.86. The van der Waals surface area contributed by atoms with Crippen LogP contribution in [0.4, 0.5) is 0 Å². The van der Waals surface area contributed by atoms with E-state index in [0.29, 0.717) is 0 Å². The molecule has 0 nitrogen and oxygen atoms in total. The Kier molecular flexibility index (Phi) is 5.92. The summed E-state index contributed by atoms with van der Waals surface area (Å²) in [5.41, 5.74) is 1.41. The molecule has 0 spiro atoms.